The van der Waals surface area contributed by atoms with E-state index in [0.717, 1.165) is 12.8 Å². The zero-order chi connectivity index (χ0) is 22.1. The third kappa shape index (κ3) is 7.17. The van der Waals surface area contributed by atoms with Crippen LogP contribution in [0.15, 0.2) is 54.6 Å². The van der Waals surface area contributed by atoms with Crippen LogP contribution >= 0.6 is 0 Å². The number of fused-ring (bicyclic) bond motifs is 1. The Kier molecular flexibility index (Phi) is 9.37. The van der Waals surface area contributed by atoms with Crippen LogP contribution in [0.4, 0.5) is 0 Å². The molecule has 0 saturated heterocycles. The second kappa shape index (κ2) is 11.7. The molecule has 0 spiro atoms. The van der Waals surface area contributed by atoms with E-state index in [1.807, 2.05) is 0 Å². The molecule has 0 bridgehead atoms. The molecule has 4 rings (SSSR count). The van der Waals surface area contributed by atoms with Crippen LogP contribution in [0.25, 0.3) is 0 Å². The Balaban J connectivity index is 0.000000160. The van der Waals surface area contributed by atoms with Gasteiger partial charge in [0.2, 0.25) is 0 Å². The topological polar surface area (TPSA) is 0 Å². The Labute approximate surface area is 185 Å². The first kappa shape index (κ1) is 23.9. The van der Waals surface area contributed by atoms with E-state index >= 15 is 0 Å². The molecule has 0 fully saturated rings. The van der Waals surface area contributed by atoms with Crippen molar-refractivity contribution in [1.82, 2.24) is 0 Å². The maximum Gasteiger partial charge on any atom is -0.0273 e. The smallest absolute Gasteiger partial charge is 0.0273 e. The van der Waals surface area contributed by atoms with Crippen molar-refractivity contribution < 1.29 is 0 Å². The molecule has 0 heteroatoms. The first-order valence-electron chi connectivity index (χ1n) is 11.5. The zero-order valence-electron chi connectivity index (χ0n) is 20.2. The lowest BCUT2D eigenvalue weighted by Gasteiger charge is -2.02. The Morgan fingerprint density at radius 3 is 1.73 bits per heavy atom. The highest BCUT2D eigenvalue weighted by atomic mass is 14.1. The molecule has 0 atom stereocenters. The summed E-state index contributed by atoms with van der Waals surface area (Å²) in [7, 11) is 0. The molecular formula is C30H40. The summed E-state index contributed by atoms with van der Waals surface area (Å²) in [5.41, 5.74) is 13.0. The molecule has 0 aromatic heterocycles. The lowest BCUT2D eigenvalue weighted by Crippen LogP contribution is -1.86. The lowest BCUT2D eigenvalue weighted by molar-refractivity contribution is 0.911. The number of hydrogen-bond acceptors (Lipinski definition) is 0. The minimum Gasteiger partial charge on any atom is -0.0613 e. The van der Waals surface area contributed by atoms with Gasteiger partial charge in [0.15, 0.2) is 0 Å². The molecule has 0 aliphatic heterocycles. The Hall–Kier alpha value is -2.34. The van der Waals surface area contributed by atoms with Gasteiger partial charge >= 0.3 is 0 Å². The first-order chi connectivity index (χ1) is 14.3. The molecule has 0 saturated carbocycles. The van der Waals surface area contributed by atoms with Crippen LogP contribution in [-0.4, -0.2) is 0 Å². The van der Waals surface area contributed by atoms with Gasteiger partial charge in [0.05, 0.1) is 0 Å². The molecule has 0 unspecified atom stereocenters. The number of aryl methyl sites for hydroxylation is 9. The second-order valence-corrected chi connectivity index (χ2v) is 8.69. The largest absolute Gasteiger partial charge is 0.0613 e. The van der Waals surface area contributed by atoms with Crippen LogP contribution in [0.5, 0.6) is 0 Å². The zero-order valence-corrected chi connectivity index (χ0v) is 20.2. The van der Waals surface area contributed by atoms with Gasteiger partial charge in [-0.05, 0) is 100 Å². The molecule has 30 heavy (non-hydrogen) atoms. The van der Waals surface area contributed by atoms with Gasteiger partial charge in [-0.1, -0.05) is 85.1 Å². The van der Waals surface area contributed by atoms with Crippen LogP contribution in [-0.2, 0) is 25.7 Å². The summed E-state index contributed by atoms with van der Waals surface area (Å²) in [4.78, 5) is 0. The average Bonchev–Trinajstić information content (AvgIpc) is 3.18. The van der Waals surface area contributed by atoms with E-state index in [0.29, 0.717) is 0 Å². The van der Waals surface area contributed by atoms with Crippen LogP contribution in [0.2, 0.25) is 0 Å². The van der Waals surface area contributed by atoms with Crippen molar-refractivity contribution >= 4 is 0 Å². The monoisotopic (exact) mass is 400 g/mol. The van der Waals surface area contributed by atoms with Gasteiger partial charge < -0.3 is 0 Å². The number of hydrogen-bond donors (Lipinski definition) is 0. The molecule has 3 aromatic rings. The second-order valence-electron chi connectivity index (χ2n) is 8.69. The Bertz CT molecular complexity index is 931. The summed E-state index contributed by atoms with van der Waals surface area (Å²) < 4.78 is 0. The van der Waals surface area contributed by atoms with Crippen LogP contribution in [0.1, 0.15) is 70.3 Å². The van der Waals surface area contributed by atoms with Crippen molar-refractivity contribution in [3.05, 3.63) is 105 Å². The van der Waals surface area contributed by atoms with Crippen molar-refractivity contribution in [3.63, 3.8) is 0 Å². The third-order valence-corrected chi connectivity index (χ3v) is 6.02. The van der Waals surface area contributed by atoms with E-state index in [2.05, 4.69) is 103 Å². The van der Waals surface area contributed by atoms with Crippen molar-refractivity contribution in [3.8, 4) is 0 Å². The average molecular weight is 401 g/mol. The summed E-state index contributed by atoms with van der Waals surface area (Å²) in [6.07, 6.45) is 6.25. The molecule has 0 heterocycles. The van der Waals surface area contributed by atoms with Crippen molar-refractivity contribution in [2.45, 2.75) is 80.6 Å². The fourth-order valence-electron chi connectivity index (χ4n) is 4.12. The molecule has 1 aliphatic carbocycles. The van der Waals surface area contributed by atoms with E-state index in [-0.39, 0.29) is 0 Å². The van der Waals surface area contributed by atoms with E-state index in [4.69, 9.17) is 0 Å². The molecule has 0 nitrogen and oxygen atoms in total. The van der Waals surface area contributed by atoms with E-state index < -0.39 is 0 Å². The van der Waals surface area contributed by atoms with Gasteiger partial charge in [-0.2, -0.15) is 0 Å². The fourth-order valence-corrected chi connectivity index (χ4v) is 4.12. The molecule has 0 N–H and O–H groups in total. The summed E-state index contributed by atoms with van der Waals surface area (Å²) in [5, 5.41) is 0. The maximum absolute atomic E-state index is 2.32. The van der Waals surface area contributed by atoms with Gasteiger partial charge in [-0.15, -0.1) is 0 Å². The third-order valence-electron chi connectivity index (χ3n) is 6.02. The maximum atomic E-state index is 2.32. The standard InChI is InChI=1S/C10H12.2C10H14/c1-8-5-6-9-3-2-4-10(9)7-8;1-4-10-6-5-8(2)7-9(10)3;1-4-10-7-8(2)5-6-9(10)3/h5-7H,2-4H2,1H3;2*5-7H,4H2,1-3H3. The molecular weight excluding hydrogens is 360 g/mol. The van der Waals surface area contributed by atoms with E-state index in [9.17, 15) is 0 Å². The summed E-state index contributed by atoms with van der Waals surface area (Å²) in [6, 6.07) is 20.0. The normalized spacial score (nSPS) is 11.7. The van der Waals surface area contributed by atoms with Crippen molar-refractivity contribution in [2.75, 3.05) is 0 Å². The predicted molar refractivity (Wildman–Crippen MR) is 134 cm³/mol. The number of benzene rings is 3. The summed E-state index contributed by atoms with van der Waals surface area (Å²) in [6.45, 7) is 15.2. The van der Waals surface area contributed by atoms with Gasteiger partial charge in [0.1, 0.15) is 0 Å². The van der Waals surface area contributed by atoms with Crippen LogP contribution in [0.3, 0.4) is 0 Å². The molecule has 160 valence electrons. The van der Waals surface area contributed by atoms with Gasteiger partial charge in [-0.25, -0.2) is 0 Å². The van der Waals surface area contributed by atoms with Gasteiger partial charge in [0, 0.05) is 0 Å². The van der Waals surface area contributed by atoms with Crippen molar-refractivity contribution in [1.29, 1.82) is 0 Å². The van der Waals surface area contributed by atoms with Gasteiger partial charge in [0.25, 0.3) is 0 Å². The predicted octanol–water partition coefficient (Wildman–Crippen LogP) is 8.22. The highest BCUT2D eigenvalue weighted by Gasteiger charge is 2.08. The highest BCUT2D eigenvalue weighted by Crippen LogP contribution is 2.22. The molecule has 3 aromatic carbocycles. The lowest BCUT2D eigenvalue weighted by atomic mass is 10.0. The van der Waals surface area contributed by atoms with Gasteiger partial charge in [-0.3, -0.25) is 0 Å². The summed E-state index contributed by atoms with van der Waals surface area (Å²) in [5.74, 6) is 0. The van der Waals surface area contributed by atoms with Crippen LogP contribution in [0, 0.1) is 34.6 Å². The number of rotatable bonds is 2. The minimum absolute atomic E-state index is 1.14. The van der Waals surface area contributed by atoms with E-state index in [1.54, 1.807) is 11.1 Å². The SMILES string of the molecule is CCc1cc(C)ccc1C.CCc1ccc(C)cc1C.Cc1ccc2c(c1)CCC2. The molecule has 0 radical (unpaired) electrons. The highest BCUT2D eigenvalue weighted by molar-refractivity contribution is 5.34. The van der Waals surface area contributed by atoms with Crippen LogP contribution < -0.4 is 0 Å². The molecule has 1 aliphatic rings. The minimum atomic E-state index is 1.14. The summed E-state index contributed by atoms with van der Waals surface area (Å²) >= 11 is 0. The fraction of sp³-hybridized carbons (Fsp3) is 0.400. The van der Waals surface area contributed by atoms with Crippen molar-refractivity contribution in [2.24, 2.45) is 0 Å². The Morgan fingerprint density at radius 2 is 1.10 bits per heavy atom. The van der Waals surface area contributed by atoms with E-state index in [1.165, 1.54) is 58.2 Å². The quantitative estimate of drug-likeness (QED) is 0.406. The Morgan fingerprint density at radius 1 is 0.533 bits per heavy atom. The molecule has 0 amide bonds. The first-order valence-corrected chi connectivity index (χ1v) is 11.5.